The lowest BCUT2D eigenvalue weighted by Crippen LogP contribution is -2.18. The van der Waals surface area contributed by atoms with Crippen LogP contribution in [0.25, 0.3) is 0 Å². The number of carboxylic acid groups (broad SMARTS) is 1. The molecule has 1 heterocycles. The van der Waals surface area contributed by atoms with E-state index in [1.807, 2.05) is 25.1 Å². The summed E-state index contributed by atoms with van der Waals surface area (Å²) in [5.41, 5.74) is 1.55. The maximum absolute atomic E-state index is 11.3. The van der Waals surface area contributed by atoms with E-state index >= 15 is 0 Å². The lowest BCUT2D eigenvalue weighted by Gasteiger charge is -2.13. The molecule has 0 amide bonds. The molecule has 1 N–H and O–H groups in total. The van der Waals surface area contributed by atoms with Gasteiger partial charge in [0.1, 0.15) is 0 Å². The number of aromatic nitrogens is 2. The number of nitrogens with zero attached hydrogens (tertiary/aromatic N) is 2. The van der Waals surface area contributed by atoms with Crippen molar-refractivity contribution in [1.82, 2.24) is 9.55 Å². The van der Waals surface area contributed by atoms with E-state index in [1.165, 1.54) is 0 Å². The van der Waals surface area contributed by atoms with Crippen LogP contribution in [0.3, 0.4) is 0 Å². The fourth-order valence-electron chi connectivity index (χ4n) is 1.66. The molecule has 0 aliphatic heterocycles. The van der Waals surface area contributed by atoms with Gasteiger partial charge in [-0.1, -0.05) is 30.3 Å². The second-order valence-corrected chi connectivity index (χ2v) is 3.61. The Hall–Kier alpha value is -2.10. The first-order valence-electron chi connectivity index (χ1n) is 4.96. The van der Waals surface area contributed by atoms with Gasteiger partial charge in [-0.3, -0.25) is 0 Å². The average molecular weight is 216 g/mol. The number of aryl methyl sites for hydroxylation is 1. The molecule has 0 aliphatic rings. The molecule has 1 aromatic heterocycles. The zero-order chi connectivity index (χ0) is 11.5. The van der Waals surface area contributed by atoms with Crippen molar-refractivity contribution in [1.29, 1.82) is 0 Å². The van der Waals surface area contributed by atoms with Crippen LogP contribution in [0.4, 0.5) is 0 Å². The van der Waals surface area contributed by atoms with Gasteiger partial charge in [-0.25, -0.2) is 9.78 Å². The van der Waals surface area contributed by atoms with E-state index in [2.05, 4.69) is 4.98 Å². The number of rotatable bonds is 3. The molecule has 82 valence electrons. The van der Waals surface area contributed by atoms with E-state index in [0.29, 0.717) is 0 Å². The van der Waals surface area contributed by atoms with Crippen LogP contribution in [0.1, 0.15) is 17.3 Å². The standard InChI is InChI=1S/C12H12N2O2/c1-9-7-14(8-13-9)11(12(15)16)10-5-3-2-4-6-10/h2-8,11H,1H3,(H,15,16). The third-order valence-corrected chi connectivity index (χ3v) is 2.38. The minimum absolute atomic E-state index is 0.706. The van der Waals surface area contributed by atoms with Gasteiger partial charge in [0.2, 0.25) is 0 Å². The number of imidazole rings is 1. The Bertz CT molecular complexity index is 491. The number of aliphatic carboxylic acids is 1. The van der Waals surface area contributed by atoms with E-state index in [-0.39, 0.29) is 0 Å². The van der Waals surface area contributed by atoms with Gasteiger partial charge in [-0.15, -0.1) is 0 Å². The third-order valence-electron chi connectivity index (χ3n) is 2.38. The number of benzene rings is 1. The predicted octanol–water partition coefficient (Wildman–Crippen LogP) is 1.87. The summed E-state index contributed by atoms with van der Waals surface area (Å²) in [4.78, 5) is 15.3. The van der Waals surface area contributed by atoms with Crippen molar-refractivity contribution in [2.75, 3.05) is 0 Å². The summed E-state index contributed by atoms with van der Waals surface area (Å²) in [6.45, 7) is 1.83. The maximum atomic E-state index is 11.3. The zero-order valence-electron chi connectivity index (χ0n) is 8.87. The number of carbonyl (C=O) groups is 1. The number of hydrogen-bond acceptors (Lipinski definition) is 2. The van der Waals surface area contributed by atoms with Crippen molar-refractivity contribution in [2.45, 2.75) is 13.0 Å². The first kappa shape index (κ1) is 10.4. The van der Waals surface area contributed by atoms with Crippen LogP contribution in [0.5, 0.6) is 0 Å². The Labute approximate surface area is 93.2 Å². The monoisotopic (exact) mass is 216 g/mol. The van der Waals surface area contributed by atoms with Crippen molar-refractivity contribution < 1.29 is 9.90 Å². The Balaban J connectivity index is 2.43. The minimum atomic E-state index is -0.886. The summed E-state index contributed by atoms with van der Waals surface area (Å²) in [6.07, 6.45) is 3.27. The number of carboxylic acids is 1. The fraction of sp³-hybridized carbons (Fsp3) is 0.167. The minimum Gasteiger partial charge on any atom is -0.479 e. The largest absolute Gasteiger partial charge is 0.479 e. The van der Waals surface area contributed by atoms with Gasteiger partial charge in [0, 0.05) is 6.20 Å². The quantitative estimate of drug-likeness (QED) is 0.852. The molecule has 0 saturated carbocycles. The Kier molecular flexibility index (Phi) is 2.72. The molecule has 1 atom stereocenters. The highest BCUT2D eigenvalue weighted by molar-refractivity contribution is 5.76. The Morgan fingerprint density at radius 1 is 1.38 bits per heavy atom. The van der Waals surface area contributed by atoms with Crippen molar-refractivity contribution >= 4 is 5.97 Å². The summed E-state index contributed by atoms with van der Waals surface area (Å²) < 4.78 is 1.60. The molecule has 16 heavy (non-hydrogen) atoms. The molecular formula is C12H12N2O2. The van der Waals surface area contributed by atoms with E-state index in [4.69, 9.17) is 0 Å². The molecule has 1 unspecified atom stereocenters. The van der Waals surface area contributed by atoms with E-state index in [1.54, 1.807) is 29.2 Å². The summed E-state index contributed by atoms with van der Waals surface area (Å²) in [7, 11) is 0. The molecule has 0 spiro atoms. The van der Waals surface area contributed by atoms with Crippen LogP contribution in [0.2, 0.25) is 0 Å². The summed E-state index contributed by atoms with van der Waals surface area (Å²) in [5.74, 6) is -0.886. The van der Waals surface area contributed by atoms with Gasteiger partial charge in [0.05, 0.1) is 12.0 Å². The van der Waals surface area contributed by atoms with E-state index in [9.17, 15) is 9.90 Å². The van der Waals surface area contributed by atoms with Gasteiger partial charge in [-0.2, -0.15) is 0 Å². The molecule has 4 nitrogen and oxygen atoms in total. The predicted molar refractivity (Wildman–Crippen MR) is 59.2 cm³/mol. The van der Waals surface area contributed by atoms with Crippen LogP contribution in [0.15, 0.2) is 42.9 Å². The molecule has 0 saturated heterocycles. The van der Waals surface area contributed by atoms with Crippen molar-refractivity contribution in [2.24, 2.45) is 0 Å². The second-order valence-electron chi connectivity index (χ2n) is 3.61. The molecule has 1 aromatic carbocycles. The number of hydrogen-bond donors (Lipinski definition) is 1. The van der Waals surface area contributed by atoms with Gasteiger partial charge >= 0.3 is 5.97 Å². The van der Waals surface area contributed by atoms with Crippen molar-refractivity contribution in [3.63, 3.8) is 0 Å². The fourth-order valence-corrected chi connectivity index (χ4v) is 1.66. The van der Waals surface area contributed by atoms with Crippen LogP contribution >= 0.6 is 0 Å². The first-order chi connectivity index (χ1) is 7.68. The molecule has 2 rings (SSSR count). The topological polar surface area (TPSA) is 55.1 Å². The van der Waals surface area contributed by atoms with E-state index in [0.717, 1.165) is 11.3 Å². The highest BCUT2D eigenvalue weighted by atomic mass is 16.4. The van der Waals surface area contributed by atoms with Crippen LogP contribution < -0.4 is 0 Å². The Morgan fingerprint density at radius 2 is 2.06 bits per heavy atom. The first-order valence-corrected chi connectivity index (χ1v) is 4.96. The van der Waals surface area contributed by atoms with Crippen LogP contribution in [-0.2, 0) is 4.79 Å². The maximum Gasteiger partial charge on any atom is 0.331 e. The molecule has 0 radical (unpaired) electrons. The normalized spacial score (nSPS) is 12.3. The second kappa shape index (κ2) is 4.18. The van der Waals surface area contributed by atoms with Crippen LogP contribution in [-0.4, -0.2) is 20.6 Å². The van der Waals surface area contributed by atoms with Crippen molar-refractivity contribution in [3.8, 4) is 0 Å². The lowest BCUT2D eigenvalue weighted by atomic mass is 10.1. The zero-order valence-corrected chi connectivity index (χ0v) is 8.87. The van der Waals surface area contributed by atoms with Gasteiger partial charge in [0.25, 0.3) is 0 Å². The smallest absolute Gasteiger partial charge is 0.331 e. The third kappa shape index (κ3) is 1.95. The van der Waals surface area contributed by atoms with Gasteiger partial charge in [0.15, 0.2) is 6.04 Å². The Morgan fingerprint density at radius 3 is 2.56 bits per heavy atom. The molecule has 0 aliphatic carbocycles. The summed E-state index contributed by atoms with van der Waals surface area (Å²) in [5, 5.41) is 9.24. The highest BCUT2D eigenvalue weighted by Crippen LogP contribution is 2.18. The van der Waals surface area contributed by atoms with Gasteiger partial charge in [-0.05, 0) is 12.5 Å². The van der Waals surface area contributed by atoms with Crippen LogP contribution in [0, 0.1) is 6.92 Å². The molecule has 4 heteroatoms. The summed E-state index contributed by atoms with van der Waals surface area (Å²) >= 11 is 0. The van der Waals surface area contributed by atoms with Gasteiger partial charge < -0.3 is 9.67 Å². The summed E-state index contributed by atoms with van der Waals surface area (Å²) in [6, 6.07) is 8.41. The molecule has 2 aromatic rings. The van der Waals surface area contributed by atoms with E-state index < -0.39 is 12.0 Å². The highest BCUT2D eigenvalue weighted by Gasteiger charge is 2.21. The molecule has 0 bridgehead atoms. The molecule has 0 fully saturated rings. The van der Waals surface area contributed by atoms with Crippen molar-refractivity contribution in [3.05, 3.63) is 54.1 Å². The molecular weight excluding hydrogens is 204 g/mol. The SMILES string of the molecule is Cc1cn(C(C(=O)O)c2ccccc2)cn1. The average Bonchev–Trinajstić information content (AvgIpc) is 2.66. The lowest BCUT2D eigenvalue weighted by molar-refractivity contribution is -0.139.